The zero-order valence-corrected chi connectivity index (χ0v) is 13.0. The standard InChI is InChI=1S/C15H19BrN2O2/c16-11-12-5-1-2-6-13(12)15(20)17-8-7-14(19)18-9-3-4-10-18/h1-2,5-6H,3-4,7-11H2,(H,17,20). The van der Waals surface area contributed by atoms with Crippen molar-refractivity contribution >= 4 is 27.7 Å². The maximum Gasteiger partial charge on any atom is 0.251 e. The van der Waals surface area contributed by atoms with Crippen molar-refractivity contribution in [1.82, 2.24) is 10.2 Å². The zero-order chi connectivity index (χ0) is 14.4. The van der Waals surface area contributed by atoms with Gasteiger partial charge in [0.2, 0.25) is 5.91 Å². The largest absolute Gasteiger partial charge is 0.352 e. The molecule has 1 heterocycles. The van der Waals surface area contributed by atoms with Crippen LogP contribution in [0.5, 0.6) is 0 Å². The van der Waals surface area contributed by atoms with Gasteiger partial charge in [0.15, 0.2) is 0 Å². The van der Waals surface area contributed by atoms with Crippen LogP contribution in [0.1, 0.15) is 35.2 Å². The highest BCUT2D eigenvalue weighted by atomic mass is 79.9. The van der Waals surface area contributed by atoms with E-state index in [2.05, 4.69) is 21.2 Å². The predicted molar refractivity (Wildman–Crippen MR) is 81.8 cm³/mol. The van der Waals surface area contributed by atoms with Crippen molar-refractivity contribution in [3.8, 4) is 0 Å². The summed E-state index contributed by atoms with van der Waals surface area (Å²) in [7, 11) is 0. The van der Waals surface area contributed by atoms with Crippen LogP contribution in [-0.2, 0) is 10.1 Å². The van der Waals surface area contributed by atoms with Gasteiger partial charge in [0.25, 0.3) is 5.91 Å². The van der Waals surface area contributed by atoms with Crippen LogP contribution in [0.15, 0.2) is 24.3 Å². The first kappa shape index (κ1) is 15.0. The van der Waals surface area contributed by atoms with E-state index >= 15 is 0 Å². The minimum absolute atomic E-state index is 0.116. The molecule has 1 fully saturated rings. The fourth-order valence-corrected chi connectivity index (χ4v) is 2.85. The number of carbonyl (C=O) groups excluding carboxylic acids is 2. The number of carbonyl (C=O) groups is 2. The molecule has 4 nitrogen and oxygen atoms in total. The molecule has 5 heteroatoms. The van der Waals surface area contributed by atoms with Crippen molar-refractivity contribution in [2.24, 2.45) is 0 Å². The summed E-state index contributed by atoms with van der Waals surface area (Å²) in [6, 6.07) is 7.47. The zero-order valence-electron chi connectivity index (χ0n) is 11.4. The molecule has 1 aliphatic heterocycles. The van der Waals surface area contributed by atoms with Crippen molar-refractivity contribution in [2.45, 2.75) is 24.6 Å². The molecule has 20 heavy (non-hydrogen) atoms. The Balaban J connectivity index is 1.81. The maximum absolute atomic E-state index is 12.1. The molecule has 1 aromatic rings. The lowest BCUT2D eigenvalue weighted by molar-refractivity contribution is -0.129. The second-order valence-electron chi connectivity index (χ2n) is 4.88. The molecule has 1 N–H and O–H groups in total. The third-order valence-electron chi connectivity index (χ3n) is 3.49. The number of hydrogen-bond acceptors (Lipinski definition) is 2. The second-order valence-corrected chi connectivity index (χ2v) is 5.45. The molecule has 1 aromatic carbocycles. The molecule has 0 aromatic heterocycles. The van der Waals surface area contributed by atoms with Gasteiger partial charge in [-0.3, -0.25) is 9.59 Å². The highest BCUT2D eigenvalue weighted by Gasteiger charge is 2.17. The predicted octanol–water partition coefficient (Wildman–Crippen LogP) is 2.32. The average molecular weight is 339 g/mol. The fourth-order valence-electron chi connectivity index (χ4n) is 2.36. The summed E-state index contributed by atoms with van der Waals surface area (Å²) in [5.74, 6) is 0.0193. The van der Waals surface area contributed by atoms with E-state index in [4.69, 9.17) is 0 Å². The summed E-state index contributed by atoms with van der Waals surface area (Å²) in [4.78, 5) is 25.8. The third-order valence-corrected chi connectivity index (χ3v) is 4.09. The number of alkyl halides is 1. The molecule has 108 valence electrons. The SMILES string of the molecule is O=C(NCCC(=O)N1CCCC1)c1ccccc1CBr. The monoisotopic (exact) mass is 338 g/mol. The van der Waals surface area contributed by atoms with Crippen molar-refractivity contribution < 1.29 is 9.59 Å². The van der Waals surface area contributed by atoms with E-state index in [9.17, 15) is 9.59 Å². The lowest BCUT2D eigenvalue weighted by atomic mass is 10.1. The van der Waals surface area contributed by atoms with Crippen LogP contribution in [0.3, 0.4) is 0 Å². The number of likely N-dealkylation sites (tertiary alicyclic amines) is 1. The van der Waals surface area contributed by atoms with Gasteiger partial charge in [-0.1, -0.05) is 34.1 Å². The van der Waals surface area contributed by atoms with Gasteiger partial charge in [-0.2, -0.15) is 0 Å². The van der Waals surface area contributed by atoms with E-state index in [0.717, 1.165) is 31.5 Å². The highest BCUT2D eigenvalue weighted by molar-refractivity contribution is 9.08. The normalized spacial score (nSPS) is 14.3. The molecule has 0 bridgehead atoms. The quantitative estimate of drug-likeness (QED) is 0.837. The number of nitrogens with zero attached hydrogens (tertiary/aromatic N) is 1. The molecular formula is C15H19BrN2O2. The smallest absolute Gasteiger partial charge is 0.251 e. The van der Waals surface area contributed by atoms with Gasteiger partial charge in [-0.25, -0.2) is 0 Å². The molecule has 2 amide bonds. The van der Waals surface area contributed by atoms with E-state index in [1.165, 1.54) is 0 Å². The average Bonchev–Trinajstić information content (AvgIpc) is 3.01. The van der Waals surface area contributed by atoms with Crippen molar-refractivity contribution in [3.05, 3.63) is 35.4 Å². The Morgan fingerprint density at radius 3 is 2.60 bits per heavy atom. The number of hydrogen-bond donors (Lipinski definition) is 1. The number of benzene rings is 1. The Kier molecular flexibility index (Phi) is 5.59. The van der Waals surface area contributed by atoms with E-state index in [0.29, 0.717) is 23.9 Å². The van der Waals surface area contributed by atoms with Gasteiger partial charge < -0.3 is 10.2 Å². The number of nitrogens with one attached hydrogen (secondary N) is 1. The first-order valence-corrected chi connectivity index (χ1v) is 8.04. The molecule has 1 saturated heterocycles. The molecule has 0 radical (unpaired) electrons. The molecule has 0 aliphatic carbocycles. The van der Waals surface area contributed by atoms with E-state index in [1.54, 1.807) is 6.07 Å². The number of amides is 2. The van der Waals surface area contributed by atoms with Gasteiger partial charge in [-0.15, -0.1) is 0 Å². The van der Waals surface area contributed by atoms with Crippen molar-refractivity contribution in [3.63, 3.8) is 0 Å². The number of rotatable bonds is 5. The first-order valence-electron chi connectivity index (χ1n) is 6.92. The van der Waals surface area contributed by atoms with Crippen LogP contribution in [0, 0.1) is 0 Å². The van der Waals surface area contributed by atoms with E-state index in [-0.39, 0.29) is 11.8 Å². The summed E-state index contributed by atoms with van der Waals surface area (Å²) in [5, 5.41) is 3.46. The van der Waals surface area contributed by atoms with Crippen LogP contribution >= 0.6 is 15.9 Å². The summed E-state index contributed by atoms with van der Waals surface area (Å²) in [6.07, 6.45) is 2.57. The van der Waals surface area contributed by atoms with Gasteiger partial charge >= 0.3 is 0 Å². The molecular weight excluding hydrogens is 320 g/mol. The number of halogens is 1. The maximum atomic E-state index is 12.1. The minimum Gasteiger partial charge on any atom is -0.352 e. The van der Waals surface area contributed by atoms with Gasteiger partial charge in [0.05, 0.1) is 0 Å². The lowest BCUT2D eigenvalue weighted by Gasteiger charge is -2.15. The Labute approximate surface area is 127 Å². The van der Waals surface area contributed by atoms with Gasteiger partial charge in [-0.05, 0) is 24.5 Å². The van der Waals surface area contributed by atoms with Crippen LogP contribution in [0.4, 0.5) is 0 Å². The molecule has 0 atom stereocenters. The van der Waals surface area contributed by atoms with Crippen LogP contribution in [0.2, 0.25) is 0 Å². The van der Waals surface area contributed by atoms with E-state index in [1.807, 2.05) is 23.1 Å². The van der Waals surface area contributed by atoms with Gasteiger partial charge in [0, 0.05) is 36.9 Å². The summed E-state index contributed by atoms with van der Waals surface area (Å²) >= 11 is 3.37. The highest BCUT2D eigenvalue weighted by Crippen LogP contribution is 2.12. The first-order chi connectivity index (χ1) is 9.72. The Bertz CT molecular complexity index is 485. The topological polar surface area (TPSA) is 49.4 Å². The van der Waals surface area contributed by atoms with Crippen molar-refractivity contribution in [1.29, 1.82) is 0 Å². The third kappa shape index (κ3) is 3.82. The molecule has 0 unspecified atom stereocenters. The fraction of sp³-hybridized carbons (Fsp3) is 0.467. The van der Waals surface area contributed by atoms with Crippen LogP contribution in [-0.4, -0.2) is 36.3 Å². The summed E-state index contributed by atoms with van der Waals surface area (Å²) in [6.45, 7) is 2.11. The second kappa shape index (κ2) is 7.43. The Morgan fingerprint density at radius 2 is 1.90 bits per heavy atom. The summed E-state index contributed by atoms with van der Waals surface area (Å²) in [5.41, 5.74) is 1.62. The van der Waals surface area contributed by atoms with Crippen LogP contribution < -0.4 is 5.32 Å². The van der Waals surface area contributed by atoms with Gasteiger partial charge in [0.1, 0.15) is 0 Å². The van der Waals surface area contributed by atoms with E-state index < -0.39 is 0 Å². The Morgan fingerprint density at radius 1 is 1.20 bits per heavy atom. The molecule has 1 aliphatic rings. The molecule has 0 saturated carbocycles. The van der Waals surface area contributed by atoms with Crippen molar-refractivity contribution in [2.75, 3.05) is 19.6 Å². The van der Waals surface area contributed by atoms with Crippen LogP contribution in [0.25, 0.3) is 0 Å². The minimum atomic E-state index is -0.116. The molecule has 2 rings (SSSR count). The summed E-state index contributed by atoms with van der Waals surface area (Å²) < 4.78 is 0. The molecule has 0 spiro atoms. The lowest BCUT2D eigenvalue weighted by Crippen LogP contribution is -2.32. The Hall–Kier alpha value is -1.36.